The normalized spacial score (nSPS) is 20.8. The van der Waals surface area contributed by atoms with Gasteiger partial charge in [-0.05, 0) is 46.9 Å². The number of hydrogen-bond acceptors (Lipinski definition) is 5. The van der Waals surface area contributed by atoms with Crippen molar-refractivity contribution in [2.45, 2.75) is 20.4 Å². The minimum atomic E-state index is -0.569. The van der Waals surface area contributed by atoms with E-state index in [2.05, 4.69) is 23.6 Å². The van der Waals surface area contributed by atoms with E-state index in [1.165, 1.54) is 0 Å². The Labute approximate surface area is 178 Å². The highest BCUT2D eigenvalue weighted by atomic mass is 35.5. The SMILES string of the molecule is CC(C)C1=CC=C(CN2CCN(c3ccc(Cl)cc3CN)CC2)C(C=O)C(O)=C1. The Kier molecular flexibility index (Phi) is 7.17. The minimum absolute atomic E-state index is 0.135. The number of aldehydes is 1. The minimum Gasteiger partial charge on any atom is -0.511 e. The summed E-state index contributed by atoms with van der Waals surface area (Å²) in [7, 11) is 0. The van der Waals surface area contributed by atoms with Crippen LogP contribution in [-0.2, 0) is 11.3 Å². The average molecular weight is 416 g/mol. The van der Waals surface area contributed by atoms with Crippen molar-refractivity contribution in [2.24, 2.45) is 17.6 Å². The second-order valence-corrected chi connectivity index (χ2v) is 8.42. The van der Waals surface area contributed by atoms with Gasteiger partial charge >= 0.3 is 0 Å². The molecule has 1 aliphatic heterocycles. The molecule has 0 saturated carbocycles. The van der Waals surface area contributed by atoms with Gasteiger partial charge in [0.1, 0.15) is 12.0 Å². The first-order valence-corrected chi connectivity index (χ1v) is 10.5. The maximum atomic E-state index is 11.7. The van der Waals surface area contributed by atoms with E-state index >= 15 is 0 Å². The van der Waals surface area contributed by atoms with Crippen molar-refractivity contribution >= 4 is 23.6 Å². The number of allylic oxidation sites excluding steroid dienone is 5. The molecular formula is C23H30ClN3O2. The number of benzene rings is 1. The van der Waals surface area contributed by atoms with Crippen LogP contribution in [0.25, 0.3) is 0 Å². The highest BCUT2D eigenvalue weighted by molar-refractivity contribution is 6.30. The topological polar surface area (TPSA) is 69.8 Å². The lowest BCUT2D eigenvalue weighted by Gasteiger charge is -2.37. The smallest absolute Gasteiger partial charge is 0.134 e. The van der Waals surface area contributed by atoms with Crippen molar-refractivity contribution in [3.8, 4) is 0 Å². The molecule has 1 aliphatic carbocycles. The molecule has 0 spiro atoms. The predicted molar refractivity (Wildman–Crippen MR) is 119 cm³/mol. The van der Waals surface area contributed by atoms with Gasteiger partial charge in [0, 0.05) is 50.0 Å². The van der Waals surface area contributed by atoms with Crippen LogP contribution in [0.1, 0.15) is 19.4 Å². The Morgan fingerprint density at radius 2 is 1.97 bits per heavy atom. The van der Waals surface area contributed by atoms with Crippen molar-refractivity contribution in [2.75, 3.05) is 37.6 Å². The van der Waals surface area contributed by atoms with Crippen LogP contribution >= 0.6 is 11.6 Å². The van der Waals surface area contributed by atoms with Gasteiger partial charge in [-0.1, -0.05) is 37.6 Å². The van der Waals surface area contributed by atoms with Gasteiger partial charge in [0.05, 0.1) is 5.92 Å². The van der Waals surface area contributed by atoms with E-state index in [1.807, 2.05) is 30.4 Å². The Hall–Kier alpha value is -2.08. The number of hydrogen-bond donors (Lipinski definition) is 2. The molecule has 1 heterocycles. The first kappa shape index (κ1) is 21.6. The molecule has 2 aliphatic rings. The molecule has 1 atom stereocenters. The molecule has 3 rings (SSSR count). The number of nitrogens with zero attached hydrogens (tertiary/aromatic N) is 2. The molecular weight excluding hydrogens is 386 g/mol. The predicted octanol–water partition coefficient (Wildman–Crippen LogP) is 3.70. The van der Waals surface area contributed by atoms with Crippen LogP contribution in [0.5, 0.6) is 0 Å². The maximum Gasteiger partial charge on any atom is 0.134 e. The summed E-state index contributed by atoms with van der Waals surface area (Å²) in [6, 6.07) is 5.88. The lowest BCUT2D eigenvalue weighted by Crippen LogP contribution is -2.47. The Bertz CT molecular complexity index is 837. The number of anilines is 1. The molecule has 0 aromatic heterocycles. The quantitative estimate of drug-likeness (QED) is 0.693. The molecule has 1 saturated heterocycles. The zero-order valence-electron chi connectivity index (χ0n) is 17.1. The van der Waals surface area contributed by atoms with E-state index in [4.69, 9.17) is 17.3 Å². The van der Waals surface area contributed by atoms with Crippen LogP contribution < -0.4 is 10.6 Å². The third-order valence-corrected chi connectivity index (χ3v) is 5.94. The van der Waals surface area contributed by atoms with Gasteiger partial charge in [-0.3, -0.25) is 4.90 Å². The fourth-order valence-corrected chi connectivity index (χ4v) is 4.10. The van der Waals surface area contributed by atoms with Crippen molar-refractivity contribution in [3.63, 3.8) is 0 Å². The van der Waals surface area contributed by atoms with Gasteiger partial charge in [0.2, 0.25) is 0 Å². The summed E-state index contributed by atoms with van der Waals surface area (Å²) in [5.74, 6) is -0.142. The van der Waals surface area contributed by atoms with E-state index < -0.39 is 5.92 Å². The van der Waals surface area contributed by atoms with Crippen LogP contribution in [-0.4, -0.2) is 49.0 Å². The molecule has 6 heteroatoms. The highest BCUT2D eigenvalue weighted by Gasteiger charge is 2.25. The summed E-state index contributed by atoms with van der Waals surface area (Å²) >= 11 is 6.10. The molecule has 0 radical (unpaired) electrons. The number of carbonyl (C=O) groups is 1. The lowest BCUT2D eigenvalue weighted by atomic mass is 9.97. The van der Waals surface area contributed by atoms with E-state index in [-0.39, 0.29) is 5.76 Å². The monoisotopic (exact) mass is 415 g/mol. The molecule has 1 aromatic carbocycles. The van der Waals surface area contributed by atoms with Crippen LogP contribution in [0.2, 0.25) is 5.02 Å². The zero-order chi connectivity index (χ0) is 21.0. The fraction of sp³-hybridized carbons (Fsp3) is 0.435. The summed E-state index contributed by atoms with van der Waals surface area (Å²) in [6.45, 7) is 8.79. The highest BCUT2D eigenvalue weighted by Crippen LogP contribution is 2.28. The number of rotatable bonds is 6. The van der Waals surface area contributed by atoms with Gasteiger partial charge in [0.15, 0.2) is 0 Å². The fourth-order valence-electron chi connectivity index (χ4n) is 3.90. The first-order valence-electron chi connectivity index (χ1n) is 10.1. The van der Waals surface area contributed by atoms with Gasteiger partial charge < -0.3 is 20.5 Å². The van der Waals surface area contributed by atoms with E-state index in [9.17, 15) is 9.90 Å². The number of nitrogens with two attached hydrogens (primary N) is 1. The first-order chi connectivity index (χ1) is 13.9. The van der Waals surface area contributed by atoms with Crippen molar-refractivity contribution in [1.82, 2.24) is 4.90 Å². The summed E-state index contributed by atoms with van der Waals surface area (Å²) in [5.41, 5.74) is 10.1. The van der Waals surface area contributed by atoms with E-state index in [1.54, 1.807) is 6.08 Å². The van der Waals surface area contributed by atoms with E-state index in [0.29, 0.717) is 24.0 Å². The molecule has 156 valence electrons. The van der Waals surface area contributed by atoms with Crippen molar-refractivity contribution < 1.29 is 9.90 Å². The van der Waals surface area contributed by atoms with Crippen LogP contribution in [0.3, 0.4) is 0 Å². The number of carbonyl (C=O) groups excluding carboxylic acids is 1. The molecule has 3 N–H and O–H groups in total. The molecule has 1 fully saturated rings. The molecule has 1 aromatic rings. The Morgan fingerprint density at radius 3 is 2.59 bits per heavy atom. The van der Waals surface area contributed by atoms with Gasteiger partial charge in [-0.15, -0.1) is 0 Å². The number of aliphatic hydroxyl groups is 1. The zero-order valence-corrected chi connectivity index (χ0v) is 17.9. The number of halogens is 1. The standard InChI is InChI=1S/C23H30ClN3O2/c1-16(2)17-3-4-18(21(15-28)23(29)12-17)14-26-7-9-27(10-8-26)22-6-5-20(24)11-19(22)13-25/h3-6,11-12,15-16,21,29H,7-10,13-14,25H2,1-2H3. The Balaban J connectivity index is 1.68. The molecule has 0 bridgehead atoms. The van der Waals surface area contributed by atoms with Gasteiger partial charge in [0.25, 0.3) is 0 Å². The maximum absolute atomic E-state index is 11.7. The van der Waals surface area contributed by atoms with Crippen LogP contribution in [0.4, 0.5) is 5.69 Å². The number of aliphatic hydroxyl groups excluding tert-OH is 1. The molecule has 1 unspecified atom stereocenters. The van der Waals surface area contributed by atoms with E-state index in [0.717, 1.165) is 54.9 Å². The van der Waals surface area contributed by atoms with Crippen LogP contribution in [0.15, 0.2) is 53.3 Å². The third-order valence-electron chi connectivity index (χ3n) is 5.71. The molecule has 29 heavy (non-hydrogen) atoms. The Morgan fingerprint density at radius 1 is 1.24 bits per heavy atom. The van der Waals surface area contributed by atoms with Crippen LogP contribution in [0, 0.1) is 11.8 Å². The molecule has 5 nitrogen and oxygen atoms in total. The summed E-state index contributed by atoms with van der Waals surface area (Å²) in [4.78, 5) is 16.3. The van der Waals surface area contributed by atoms with Crippen molar-refractivity contribution in [3.05, 3.63) is 63.9 Å². The summed E-state index contributed by atoms with van der Waals surface area (Å²) < 4.78 is 0. The van der Waals surface area contributed by atoms with Crippen molar-refractivity contribution in [1.29, 1.82) is 0 Å². The second kappa shape index (κ2) is 9.61. The third kappa shape index (κ3) is 5.10. The molecule has 0 amide bonds. The van der Waals surface area contributed by atoms with Gasteiger partial charge in [-0.25, -0.2) is 0 Å². The summed E-state index contributed by atoms with van der Waals surface area (Å²) in [5, 5.41) is 11.1. The second-order valence-electron chi connectivity index (χ2n) is 7.99. The lowest BCUT2D eigenvalue weighted by molar-refractivity contribution is -0.110. The average Bonchev–Trinajstić information content (AvgIpc) is 2.87. The summed E-state index contributed by atoms with van der Waals surface area (Å²) in [6.07, 6.45) is 6.61. The largest absolute Gasteiger partial charge is 0.511 e. The number of piperazine rings is 1. The van der Waals surface area contributed by atoms with Gasteiger partial charge in [-0.2, -0.15) is 0 Å².